The second-order valence-corrected chi connectivity index (χ2v) is 7.57. The predicted molar refractivity (Wildman–Crippen MR) is 80.2 cm³/mol. The lowest BCUT2D eigenvalue weighted by Gasteiger charge is -2.19. The Morgan fingerprint density at radius 3 is 2.29 bits per heavy atom. The zero-order valence-corrected chi connectivity index (χ0v) is 14.1. The maximum Gasteiger partial charge on any atom is 0.384 e. The minimum absolute atomic E-state index is 0.154. The van der Waals surface area contributed by atoms with Gasteiger partial charge in [0.2, 0.25) is 0 Å². The summed E-state index contributed by atoms with van der Waals surface area (Å²) in [6.45, 7) is 13.7. The third-order valence-electron chi connectivity index (χ3n) is 3.37. The largest absolute Gasteiger partial charge is 0.460 e. The molecule has 0 aromatic heterocycles. The summed E-state index contributed by atoms with van der Waals surface area (Å²) >= 11 is 0. The molecule has 4 nitrogen and oxygen atoms in total. The van der Waals surface area contributed by atoms with Crippen molar-refractivity contribution >= 4 is 11.9 Å². The second-order valence-electron chi connectivity index (χ2n) is 7.57. The van der Waals surface area contributed by atoms with E-state index in [-0.39, 0.29) is 29.1 Å². The fourth-order valence-corrected chi connectivity index (χ4v) is 2.13. The van der Waals surface area contributed by atoms with Crippen LogP contribution in [0.15, 0.2) is 0 Å². The van der Waals surface area contributed by atoms with E-state index in [0.717, 1.165) is 0 Å². The molecule has 0 bridgehead atoms. The number of carbonyl (C=O) groups is 2. The van der Waals surface area contributed by atoms with E-state index in [4.69, 9.17) is 9.47 Å². The van der Waals surface area contributed by atoms with E-state index in [1.54, 1.807) is 0 Å². The zero-order chi connectivity index (χ0) is 16.4. The Morgan fingerprint density at radius 2 is 1.81 bits per heavy atom. The summed E-state index contributed by atoms with van der Waals surface area (Å²) in [6.07, 6.45) is 0. The van der Waals surface area contributed by atoms with Gasteiger partial charge < -0.3 is 9.47 Å². The van der Waals surface area contributed by atoms with Crippen molar-refractivity contribution in [3.8, 4) is 11.8 Å². The Labute approximate surface area is 127 Å². The van der Waals surface area contributed by atoms with E-state index in [9.17, 15) is 9.59 Å². The molecular formula is C17H26O4. The Bertz CT molecular complexity index is 471. The van der Waals surface area contributed by atoms with Crippen molar-refractivity contribution in [2.45, 2.75) is 54.1 Å². The van der Waals surface area contributed by atoms with Crippen molar-refractivity contribution in [3.05, 3.63) is 0 Å². The van der Waals surface area contributed by atoms with Crippen LogP contribution in [0.3, 0.4) is 0 Å². The van der Waals surface area contributed by atoms with E-state index in [2.05, 4.69) is 11.8 Å². The fraction of sp³-hybridized carbons (Fsp3) is 0.765. The molecule has 0 amide bonds. The van der Waals surface area contributed by atoms with Gasteiger partial charge in [0.1, 0.15) is 5.60 Å². The highest BCUT2D eigenvalue weighted by molar-refractivity contribution is 5.89. The minimum Gasteiger partial charge on any atom is -0.460 e. The van der Waals surface area contributed by atoms with Gasteiger partial charge in [-0.3, -0.25) is 4.79 Å². The van der Waals surface area contributed by atoms with Crippen molar-refractivity contribution in [2.75, 3.05) is 6.61 Å². The van der Waals surface area contributed by atoms with Crippen molar-refractivity contribution in [1.82, 2.24) is 0 Å². The zero-order valence-electron chi connectivity index (χ0n) is 14.1. The minimum atomic E-state index is -0.533. The molecule has 1 rings (SSSR count). The van der Waals surface area contributed by atoms with Crippen LogP contribution in [0.4, 0.5) is 0 Å². The molecule has 1 aliphatic rings. The summed E-state index contributed by atoms with van der Waals surface area (Å²) in [5.41, 5.74) is -0.766. The van der Waals surface area contributed by atoms with E-state index < -0.39 is 11.6 Å². The topological polar surface area (TPSA) is 52.6 Å². The van der Waals surface area contributed by atoms with Crippen LogP contribution in [0.5, 0.6) is 0 Å². The maximum atomic E-state index is 12.1. The molecule has 2 atom stereocenters. The lowest BCUT2D eigenvalue weighted by atomic mass is 10.1. The van der Waals surface area contributed by atoms with Crippen LogP contribution in [-0.2, 0) is 19.1 Å². The SMILES string of the molecule is CC(C)COC(=O)C#C[C@H]1[C@@H](C(=O)OC(C)(C)C)C1(C)C. The molecule has 1 fully saturated rings. The van der Waals surface area contributed by atoms with Gasteiger partial charge in [-0.05, 0) is 32.1 Å². The van der Waals surface area contributed by atoms with Gasteiger partial charge in [-0.25, -0.2) is 4.79 Å². The molecule has 0 aromatic carbocycles. The normalized spacial score (nSPS) is 23.0. The number of hydrogen-bond donors (Lipinski definition) is 0. The van der Waals surface area contributed by atoms with E-state index in [1.165, 1.54) is 0 Å². The lowest BCUT2D eigenvalue weighted by molar-refractivity contribution is -0.157. The second kappa shape index (κ2) is 6.09. The van der Waals surface area contributed by atoms with Gasteiger partial charge in [-0.15, -0.1) is 0 Å². The van der Waals surface area contributed by atoms with Crippen LogP contribution in [0.1, 0.15) is 48.5 Å². The molecular weight excluding hydrogens is 268 g/mol. The van der Waals surface area contributed by atoms with Gasteiger partial charge in [0.15, 0.2) is 0 Å². The van der Waals surface area contributed by atoms with Gasteiger partial charge in [-0.1, -0.05) is 33.6 Å². The molecule has 0 spiro atoms. The standard InChI is InChI=1S/C17H26O4/c1-11(2)10-20-13(18)9-8-12-14(17(12,6)7)15(19)21-16(3,4)5/h11-12,14H,10H2,1-7H3/t12-,14-/m0/s1. The van der Waals surface area contributed by atoms with Gasteiger partial charge in [0, 0.05) is 11.8 Å². The molecule has 0 saturated heterocycles. The first-order chi connectivity index (χ1) is 9.45. The first-order valence-electron chi connectivity index (χ1n) is 7.36. The number of hydrogen-bond acceptors (Lipinski definition) is 4. The number of rotatable bonds is 3. The first kappa shape index (κ1) is 17.6. The quantitative estimate of drug-likeness (QED) is 0.456. The average Bonchev–Trinajstić information content (AvgIpc) is 2.83. The van der Waals surface area contributed by atoms with Crippen molar-refractivity contribution in [3.63, 3.8) is 0 Å². The number of ether oxygens (including phenoxy) is 2. The number of carbonyl (C=O) groups excluding carboxylic acids is 2. The summed E-state index contributed by atoms with van der Waals surface area (Å²) in [7, 11) is 0. The highest BCUT2D eigenvalue weighted by Gasteiger charge is 2.62. The summed E-state index contributed by atoms with van der Waals surface area (Å²) < 4.78 is 10.4. The van der Waals surface area contributed by atoms with Gasteiger partial charge in [-0.2, -0.15) is 0 Å². The first-order valence-corrected chi connectivity index (χ1v) is 7.36. The molecule has 0 heterocycles. The van der Waals surface area contributed by atoms with Crippen LogP contribution in [-0.4, -0.2) is 24.1 Å². The molecule has 0 aliphatic heterocycles. The molecule has 21 heavy (non-hydrogen) atoms. The third-order valence-corrected chi connectivity index (χ3v) is 3.37. The van der Waals surface area contributed by atoms with Crippen molar-refractivity contribution in [2.24, 2.45) is 23.2 Å². The van der Waals surface area contributed by atoms with Crippen LogP contribution in [0, 0.1) is 35.0 Å². The van der Waals surface area contributed by atoms with E-state index >= 15 is 0 Å². The van der Waals surface area contributed by atoms with Crippen LogP contribution < -0.4 is 0 Å². The maximum absolute atomic E-state index is 12.1. The van der Waals surface area contributed by atoms with Crippen LogP contribution >= 0.6 is 0 Å². The monoisotopic (exact) mass is 294 g/mol. The van der Waals surface area contributed by atoms with Crippen molar-refractivity contribution < 1.29 is 19.1 Å². The molecule has 1 saturated carbocycles. The summed E-state index contributed by atoms with van der Waals surface area (Å²) in [4.78, 5) is 23.6. The Kier molecular flexibility index (Phi) is 5.09. The summed E-state index contributed by atoms with van der Waals surface area (Å²) in [6, 6.07) is 0. The van der Waals surface area contributed by atoms with E-state index in [1.807, 2.05) is 48.5 Å². The molecule has 0 unspecified atom stereocenters. The molecule has 0 radical (unpaired) electrons. The summed E-state index contributed by atoms with van der Waals surface area (Å²) in [5, 5.41) is 0. The Balaban J connectivity index is 2.61. The lowest BCUT2D eigenvalue weighted by Crippen LogP contribution is -2.26. The molecule has 118 valence electrons. The molecule has 1 aliphatic carbocycles. The smallest absolute Gasteiger partial charge is 0.384 e. The van der Waals surface area contributed by atoms with Crippen LogP contribution in [0.2, 0.25) is 0 Å². The fourth-order valence-electron chi connectivity index (χ4n) is 2.13. The van der Waals surface area contributed by atoms with Gasteiger partial charge in [0.05, 0.1) is 12.5 Å². The third kappa shape index (κ3) is 5.08. The molecule has 0 aromatic rings. The highest BCUT2D eigenvalue weighted by Crippen LogP contribution is 2.58. The van der Waals surface area contributed by atoms with Crippen LogP contribution in [0.25, 0.3) is 0 Å². The van der Waals surface area contributed by atoms with E-state index in [0.29, 0.717) is 6.61 Å². The van der Waals surface area contributed by atoms with Gasteiger partial charge in [0.25, 0.3) is 0 Å². The Hall–Kier alpha value is -1.50. The average molecular weight is 294 g/mol. The van der Waals surface area contributed by atoms with Crippen molar-refractivity contribution in [1.29, 1.82) is 0 Å². The number of esters is 2. The van der Waals surface area contributed by atoms with Gasteiger partial charge >= 0.3 is 11.9 Å². The summed E-state index contributed by atoms with van der Waals surface area (Å²) in [5.74, 6) is 4.42. The molecule has 4 heteroatoms. The Morgan fingerprint density at radius 1 is 1.24 bits per heavy atom. The highest BCUT2D eigenvalue weighted by atomic mass is 16.6. The predicted octanol–water partition coefficient (Wildman–Crippen LogP) is 2.80. The molecule has 0 N–H and O–H groups in total.